The van der Waals surface area contributed by atoms with Crippen LogP contribution in [0.1, 0.15) is 34.1 Å². The standard InChI is InChI=1S/C30H27Cl2FN6O5/c1-37-29(42)26(36-38(2)30(37)43)27(41)34-19-6-4-5-17(24(19)31)23-18(33)9-8-16(25(23)32)20-11-14-7-10-21(39-12-15(40)13-39)22(14)28(35-20)44-3/h4-6,8-9,11,15,21,40H,7,10,12-13H2,1-3H3,(H,34,41)/t21-/m0/s1. The molecule has 0 spiro atoms. The Balaban J connectivity index is 1.37. The molecule has 0 unspecified atom stereocenters. The summed E-state index contributed by atoms with van der Waals surface area (Å²) in [6, 6.07) is 9.41. The molecule has 14 heteroatoms. The molecule has 1 aliphatic carbocycles. The Morgan fingerprint density at radius 3 is 2.57 bits per heavy atom. The van der Waals surface area contributed by atoms with Crippen LogP contribution >= 0.6 is 23.2 Å². The van der Waals surface area contributed by atoms with Gasteiger partial charge in [0.1, 0.15) is 5.82 Å². The van der Waals surface area contributed by atoms with E-state index in [-0.39, 0.29) is 39.0 Å². The van der Waals surface area contributed by atoms with Crippen molar-refractivity contribution in [2.24, 2.45) is 14.1 Å². The first kappa shape index (κ1) is 29.9. The van der Waals surface area contributed by atoms with Gasteiger partial charge in [-0.05, 0) is 42.7 Å². The first-order valence-electron chi connectivity index (χ1n) is 13.7. The lowest BCUT2D eigenvalue weighted by atomic mass is 9.98. The number of nitrogens with zero attached hydrogens (tertiary/aromatic N) is 5. The molecule has 228 valence electrons. The van der Waals surface area contributed by atoms with E-state index in [1.165, 1.54) is 32.3 Å². The van der Waals surface area contributed by atoms with Gasteiger partial charge in [0.15, 0.2) is 0 Å². The molecular weight excluding hydrogens is 614 g/mol. The minimum atomic E-state index is -0.902. The number of fused-ring (bicyclic) bond motifs is 1. The van der Waals surface area contributed by atoms with Gasteiger partial charge in [0, 0.05) is 55.5 Å². The molecule has 44 heavy (non-hydrogen) atoms. The molecule has 3 heterocycles. The number of aliphatic hydroxyl groups excluding tert-OH is 1. The van der Waals surface area contributed by atoms with Crippen LogP contribution in [0.4, 0.5) is 10.1 Å². The van der Waals surface area contributed by atoms with E-state index in [1.807, 2.05) is 6.07 Å². The second kappa shape index (κ2) is 11.4. The molecule has 1 saturated heterocycles. The Labute approximate surface area is 260 Å². The number of aromatic nitrogens is 4. The van der Waals surface area contributed by atoms with Crippen LogP contribution < -0.4 is 21.3 Å². The van der Waals surface area contributed by atoms with Crippen LogP contribution in [0.5, 0.6) is 5.88 Å². The van der Waals surface area contributed by atoms with Crippen LogP contribution in [0.15, 0.2) is 46.0 Å². The van der Waals surface area contributed by atoms with Crippen LogP contribution in [0.2, 0.25) is 10.0 Å². The summed E-state index contributed by atoms with van der Waals surface area (Å²) in [5, 5.41) is 16.1. The second-order valence-electron chi connectivity index (χ2n) is 10.8. The molecule has 1 amide bonds. The van der Waals surface area contributed by atoms with Gasteiger partial charge < -0.3 is 15.2 Å². The molecule has 2 N–H and O–H groups in total. The van der Waals surface area contributed by atoms with E-state index in [2.05, 4.69) is 15.3 Å². The van der Waals surface area contributed by atoms with E-state index < -0.39 is 28.7 Å². The van der Waals surface area contributed by atoms with Gasteiger partial charge in [0.25, 0.3) is 11.5 Å². The van der Waals surface area contributed by atoms with Crippen LogP contribution in [-0.2, 0) is 20.5 Å². The zero-order valence-corrected chi connectivity index (χ0v) is 25.4. The summed E-state index contributed by atoms with van der Waals surface area (Å²) in [4.78, 5) is 44.4. The van der Waals surface area contributed by atoms with Crippen LogP contribution in [0.3, 0.4) is 0 Å². The third-order valence-corrected chi connectivity index (χ3v) is 8.87. The predicted molar refractivity (Wildman–Crippen MR) is 163 cm³/mol. The van der Waals surface area contributed by atoms with Gasteiger partial charge in [-0.1, -0.05) is 35.3 Å². The maximum absolute atomic E-state index is 15.4. The highest BCUT2D eigenvalue weighted by atomic mass is 35.5. The Morgan fingerprint density at radius 2 is 1.86 bits per heavy atom. The number of benzene rings is 2. The number of ether oxygens (including phenoxy) is 1. The van der Waals surface area contributed by atoms with E-state index in [0.29, 0.717) is 30.2 Å². The van der Waals surface area contributed by atoms with Gasteiger partial charge in [-0.3, -0.25) is 19.1 Å². The average molecular weight is 641 g/mol. The molecule has 11 nitrogen and oxygen atoms in total. The van der Waals surface area contributed by atoms with E-state index in [9.17, 15) is 19.5 Å². The number of hydrogen-bond acceptors (Lipinski definition) is 8. The number of pyridine rings is 1. The first-order valence-corrected chi connectivity index (χ1v) is 14.5. The normalized spacial score (nSPS) is 16.5. The number of carbonyl (C=O) groups excluding carboxylic acids is 1. The van der Waals surface area contributed by atoms with E-state index in [4.69, 9.17) is 32.9 Å². The molecule has 0 bridgehead atoms. The number of hydrogen-bond donors (Lipinski definition) is 2. The highest BCUT2D eigenvalue weighted by Gasteiger charge is 2.38. The van der Waals surface area contributed by atoms with Gasteiger partial charge in [-0.15, -0.1) is 0 Å². The zero-order chi connectivity index (χ0) is 31.4. The molecule has 1 aliphatic heterocycles. The number of methoxy groups -OCH3 is 1. The van der Waals surface area contributed by atoms with Crippen molar-refractivity contribution in [3.05, 3.63) is 89.9 Å². The van der Waals surface area contributed by atoms with Crippen molar-refractivity contribution in [3.8, 4) is 28.3 Å². The molecule has 2 aromatic carbocycles. The lowest BCUT2D eigenvalue weighted by molar-refractivity contribution is -0.0256. The monoisotopic (exact) mass is 640 g/mol. The van der Waals surface area contributed by atoms with Crippen molar-refractivity contribution in [3.63, 3.8) is 0 Å². The highest BCUT2D eigenvalue weighted by Crippen LogP contribution is 2.46. The minimum absolute atomic E-state index is 0.00452. The van der Waals surface area contributed by atoms with Crippen LogP contribution in [0.25, 0.3) is 22.4 Å². The third kappa shape index (κ3) is 4.97. The fourth-order valence-corrected chi connectivity index (χ4v) is 6.44. The van der Waals surface area contributed by atoms with E-state index in [0.717, 1.165) is 33.2 Å². The molecule has 6 rings (SSSR count). The number of anilines is 1. The Kier molecular flexibility index (Phi) is 7.78. The van der Waals surface area contributed by atoms with Crippen LogP contribution in [-0.4, -0.2) is 61.5 Å². The van der Waals surface area contributed by atoms with E-state index >= 15 is 4.39 Å². The number of nitrogens with one attached hydrogen (secondary N) is 1. The van der Waals surface area contributed by atoms with Crippen LogP contribution in [0, 0.1) is 5.82 Å². The number of carbonyl (C=O) groups is 1. The van der Waals surface area contributed by atoms with E-state index in [1.54, 1.807) is 19.2 Å². The third-order valence-electron chi connectivity index (χ3n) is 8.07. The van der Waals surface area contributed by atoms with Crippen molar-refractivity contribution in [2.75, 3.05) is 25.5 Å². The molecule has 0 saturated carbocycles. The summed E-state index contributed by atoms with van der Waals surface area (Å²) in [6.45, 7) is 1.20. The number of rotatable bonds is 6. The zero-order valence-electron chi connectivity index (χ0n) is 23.9. The molecule has 0 radical (unpaired) electrons. The smallest absolute Gasteiger partial charge is 0.346 e. The summed E-state index contributed by atoms with van der Waals surface area (Å²) in [5.74, 6) is -1.10. The maximum atomic E-state index is 15.4. The number of aliphatic hydroxyl groups is 1. The molecule has 2 aliphatic rings. The first-order chi connectivity index (χ1) is 21.0. The number of aryl methyl sites for hydroxylation is 2. The summed E-state index contributed by atoms with van der Waals surface area (Å²) in [7, 11) is 4.09. The largest absolute Gasteiger partial charge is 0.481 e. The van der Waals surface area contributed by atoms with Crippen molar-refractivity contribution >= 4 is 34.8 Å². The molecule has 4 aromatic rings. The van der Waals surface area contributed by atoms with Gasteiger partial charge >= 0.3 is 5.69 Å². The SMILES string of the molecule is COc1nc(-c2ccc(F)c(-c3cccc(NC(=O)c4nn(C)c(=O)n(C)c4=O)c3Cl)c2Cl)cc2c1[C@@H](N1CC(O)C1)CC2. The van der Waals surface area contributed by atoms with Crippen molar-refractivity contribution < 1.29 is 19.0 Å². The fraction of sp³-hybridized carbons (Fsp3) is 0.300. The highest BCUT2D eigenvalue weighted by molar-refractivity contribution is 6.39. The maximum Gasteiger partial charge on any atom is 0.346 e. The Bertz CT molecular complexity index is 1960. The summed E-state index contributed by atoms with van der Waals surface area (Å²) >= 11 is 13.6. The lowest BCUT2D eigenvalue weighted by Crippen LogP contribution is -2.51. The minimum Gasteiger partial charge on any atom is -0.481 e. The number of likely N-dealkylation sites (tertiary alicyclic amines) is 1. The van der Waals surface area contributed by atoms with Gasteiger partial charge in [-0.2, -0.15) is 5.10 Å². The summed E-state index contributed by atoms with van der Waals surface area (Å²) < 4.78 is 22.8. The lowest BCUT2D eigenvalue weighted by Gasteiger charge is -2.40. The van der Waals surface area contributed by atoms with Gasteiger partial charge in [0.2, 0.25) is 11.6 Å². The molecule has 1 fully saturated rings. The van der Waals surface area contributed by atoms with Crippen molar-refractivity contribution in [1.82, 2.24) is 24.2 Å². The average Bonchev–Trinajstić information content (AvgIpc) is 3.41. The fourth-order valence-electron chi connectivity index (χ4n) is 5.82. The Morgan fingerprint density at radius 1 is 1.11 bits per heavy atom. The number of amides is 1. The summed E-state index contributed by atoms with van der Waals surface area (Å²) in [6.07, 6.45) is 1.32. The van der Waals surface area contributed by atoms with Gasteiger partial charge in [-0.25, -0.2) is 18.9 Å². The topological polar surface area (TPSA) is 132 Å². The quantitative estimate of drug-likeness (QED) is 0.327. The Hall–Kier alpha value is -4.10. The predicted octanol–water partition coefficient (Wildman–Crippen LogP) is 3.58. The number of β-amino-alcohol motifs (C(OH)–C–C–N with tert-alkyl or cyclic N) is 1. The number of halogens is 3. The molecule has 2 aromatic heterocycles. The second-order valence-corrected chi connectivity index (χ2v) is 11.5. The molecular formula is C30H27Cl2FN6O5. The van der Waals surface area contributed by atoms with Crippen molar-refractivity contribution in [2.45, 2.75) is 25.0 Å². The van der Waals surface area contributed by atoms with Gasteiger partial charge in [0.05, 0.1) is 34.6 Å². The van der Waals surface area contributed by atoms with Crippen molar-refractivity contribution in [1.29, 1.82) is 0 Å². The summed E-state index contributed by atoms with van der Waals surface area (Å²) in [5.41, 5.74) is 1.14. The molecule has 1 atom stereocenters.